The van der Waals surface area contributed by atoms with Crippen molar-refractivity contribution in [1.82, 2.24) is 24.6 Å². The maximum Gasteiger partial charge on any atom is 0.276 e. The first-order valence-electron chi connectivity index (χ1n) is 9.49. The van der Waals surface area contributed by atoms with Crippen LogP contribution in [0.15, 0.2) is 60.1 Å². The van der Waals surface area contributed by atoms with Crippen LogP contribution >= 0.6 is 11.3 Å². The van der Waals surface area contributed by atoms with E-state index in [1.807, 2.05) is 30.5 Å². The van der Waals surface area contributed by atoms with Gasteiger partial charge >= 0.3 is 0 Å². The van der Waals surface area contributed by atoms with Gasteiger partial charge in [0.2, 0.25) is 0 Å². The van der Waals surface area contributed by atoms with E-state index >= 15 is 0 Å². The van der Waals surface area contributed by atoms with Gasteiger partial charge in [0.05, 0.1) is 17.1 Å². The van der Waals surface area contributed by atoms with Crippen LogP contribution in [0, 0.1) is 6.92 Å². The van der Waals surface area contributed by atoms with E-state index in [1.54, 1.807) is 50.6 Å². The highest BCUT2D eigenvalue weighted by Gasteiger charge is 2.18. The van der Waals surface area contributed by atoms with Crippen molar-refractivity contribution in [3.63, 3.8) is 0 Å². The summed E-state index contributed by atoms with van der Waals surface area (Å²) in [4.78, 5) is 35.6. The molecule has 9 heteroatoms. The molecule has 4 aromatic rings. The second kappa shape index (κ2) is 8.49. The maximum absolute atomic E-state index is 13.0. The summed E-state index contributed by atoms with van der Waals surface area (Å²) in [7, 11) is 3.39. The predicted molar refractivity (Wildman–Crippen MR) is 120 cm³/mol. The van der Waals surface area contributed by atoms with Crippen molar-refractivity contribution in [2.45, 2.75) is 6.92 Å². The van der Waals surface area contributed by atoms with E-state index in [1.165, 1.54) is 20.9 Å². The van der Waals surface area contributed by atoms with E-state index in [0.29, 0.717) is 33.5 Å². The van der Waals surface area contributed by atoms with Crippen molar-refractivity contribution < 1.29 is 9.59 Å². The van der Waals surface area contributed by atoms with Gasteiger partial charge in [0.15, 0.2) is 5.13 Å². The van der Waals surface area contributed by atoms with Gasteiger partial charge in [-0.3, -0.25) is 19.9 Å². The largest absolute Gasteiger partial charge is 0.345 e. The Kier molecular flexibility index (Phi) is 5.59. The molecule has 3 aromatic heterocycles. The van der Waals surface area contributed by atoms with Crippen LogP contribution < -0.4 is 5.32 Å². The van der Waals surface area contributed by atoms with E-state index in [9.17, 15) is 9.59 Å². The number of aryl methyl sites for hydroxylation is 1. The molecule has 0 unspecified atom stereocenters. The van der Waals surface area contributed by atoms with E-state index in [0.717, 1.165) is 5.69 Å². The minimum Gasteiger partial charge on any atom is -0.345 e. The van der Waals surface area contributed by atoms with E-state index in [-0.39, 0.29) is 11.8 Å². The molecule has 0 saturated heterocycles. The molecule has 0 saturated carbocycles. The standard InChI is InChI=1S/C22H20N6O2S/c1-14-11-19(28(26-14)16-8-6-7-15(12-16)21(30)27(2)3)20(29)25-22-24-18(13-31-22)17-9-4-5-10-23-17/h4-13H,1-3H3,(H,24,25,29). The van der Waals surface area contributed by atoms with E-state index in [2.05, 4.69) is 20.4 Å². The number of anilines is 1. The summed E-state index contributed by atoms with van der Waals surface area (Å²) in [5, 5.41) is 9.59. The van der Waals surface area contributed by atoms with Crippen LogP contribution in [0.4, 0.5) is 5.13 Å². The topological polar surface area (TPSA) is 93.0 Å². The summed E-state index contributed by atoms with van der Waals surface area (Å²) in [5.41, 5.74) is 3.61. The van der Waals surface area contributed by atoms with Gasteiger partial charge in [-0.1, -0.05) is 12.1 Å². The molecule has 2 amide bonds. The third kappa shape index (κ3) is 4.36. The lowest BCUT2D eigenvalue weighted by Gasteiger charge is -2.12. The van der Waals surface area contributed by atoms with Crippen molar-refractivity contribution in [3.8, 4) is 17.1 Å². The Balaban J connectivity index is 1.61. The fourth-order valence-corrected chi connectivity index (χ4v) is 3.71. The molecule has 0 fully saturated rings. The minimum atomic E-state index is -0.341. The van der Waals surface area contributed by atoms with Crippen LogP contribution in [0.2, 0.25) is 0 Å². The first kappa shape index (κ1) is 20.4. The molecule has 0 atom stereocenters. The molecular weight excluding hydrogens is 412 g/mol. The average Bonchev–Trinajstić information content (AvgIpc) is 3.40. The lowest BCUT2D eigenvalue weighted by molar-refractivity contribution is 0.0827. The molecule has 3 heterocycles. The van der Waals surface area contributed by atoms with Crippen molar-refractivity contribution in [2.24, 2.45) is 0 Å². The van der Waals surface area contributed by atoms with Crippen LogP contribution in [-0.2, 0) is 0 Å². The number of rotatable bonds is 5. The number of aromatic nitrogens is 4. The van der Waals surface area contributed by atoms with Gasteiger partial charge in [-0.2, -0.15) is 5.10 Å². The van der Waals surface area contributed by atoms with Gasteiger partial charge in [-0.05, 0) is 43.3 Å². The third-order valence-corrected chi connectivity index (χ3v) is 5.22. The zero-order valence-electron chi connectivity index (χ0n) is 17.2. The van der Waals surface area contributed by atoms with Crippen molar-refractivity contribution in [3.05, 3.63) is 77.1 Å². The molecule has 1 aromatic carbocycles. The van der Waals surface area contributed by atoms with Gasteiger partial charge in [0, 0.05) is 31.2 Å². The molecular formula is C22H20N6O2S. The molecule has 0 radical (unpaired) electrons. The molecule has 0 aliphatic heterocycles. The Morgan fingerprint density at radius 1 is 1.06 bits per heavy atom. The monoisotopic (exact) mass is 432 g/mol. The van der Waals surface area contributed by atoms with Crippen LogP contribution in [0.1, 0.15) is 26.5 Å². The van der Waals surface area contributed by atoms with Crippen LogP contribution in [0.25, 0.3) is 17.1 Å². The number of carbonyl (C=O) groups excluding carboxylic acids is 2. The summed E-state index contributed by atoms with van der Waals surface area (Å²) in [5.74, 6) is -0.464. The predicted octanol–water partition coefficient (Wildman–Crippen LogP) is 3.65. The molecule has 1 N–H and O–H groups in total. The summed E-state index contributed by atoms with van der Waals surface area (Å²) in [6, 6.07) is 14.3. The fourth-order valence-electron chi connectivity index (χ4n) is 3.01. The van der Waals surface area contributed by atoms with Crippen LogP contribution in [-0.4, -0.2) is 50.6 Å². The highest BCUT2D eigenvalue weighted by molar-refractivity contribution is 7.14. The lowest BCUT2D eigenvalue weighted by Crippen LogP contribution is -2.22. The second-order valence-corrected chi connectivity index (χ2v) is 7.90. The highest BCUT2D eigenvalue weighted by atomic mass is 32.1. The van der Waals surface area contributed by atoms with Gasteiger partial charge in [-0.25, -0.2) is 9.67 Å². The normalized spacial score (nSPS) is 10.7. The summed E-state index contributed by atoms with van der Waals surface area (Å²) >= 11 is 1.32. The summed E-state index contributed by atoms with van der Waals surface area (Å²) < 4.78 is 1.53. The number of amides is 2. The maximum atomic E-state index is 13.0. The van der Waals surface area contributed by atoms with Gasteiger partial charge in [-0.15, -0.1) is 11.3 Å². The van der Waals surface area contributed by atoms with Crippen molar-refractivity contribution >= 4 is 28.3 Å². The first-order chi connectivity index (χ1) is 14.9. The Bertz CT molecular complexity index is 1250. The van der Waals surface area contributed by atoms with Gasteiger partial charge in [0.25, 0.3) is 11.8 Å². The minimum absolute atomic E-state index is 0.124. The zero-order valence-corrected chi connectivity index (χ0v) is 18.1. The first-order valence-corrected chi connectivity index (χ1v) is 10.4. The van der Waals surface area contributed by atoms with Gasteiger partial charge in [0.1, 0.15) is 11.4 Å². The molecule has 0 aliphatic rings. The van der Waals surface area contributed by atoms with Crippen LogP contribution in [0.5, 0.6) is 0 Å². The number of hydrogen-bond acceptors (Lipinski definition) is 6. The third-order valence-electron chi connectivity index (χ3n) is 4.46. The fraction of sp³-hybridized carbons (Fsp3) is 0.136. The zero-order chi connectivity index (χ0) is 22.0. The number of pyridine rings is 1. The number of hydrogen-bond donors (Lipinski definition) is 1. The van der Waals surface area contributed by atoms with E-state index in [4.69, 9.17) is 0 Å². The Labute approximate surface area is 183 Å². The number of nitrogens with zero attached hydrogens (tertiary/aromatic N) is 5. The summed E-state index contributed by atoms with van der Waals surface area (Å²) in [6.45, 7) is 1.81. The molecule has 0 spiro atoms. The smallest absolute Gasteiger partial charge is 0.276 e. The van der Waals surface area contributed by atoms with Crippen LogP contribution in [0.3, 0.4) is 0 Å². The molecule has 0 bridgehead atoms. The highest BCUT2D eigenvalue weighted by Crippen LogP contribution is 2.24. The van der Waals surface area contributed by atoms with Crippen molar-refractivity contribution in [1.29, 1.82) is 0 Å². The molecule has 156 valence electrons. The quantitative estimate of drug-likeness (QED) is 0.520. The van der Waals surface area contributed by atoms with Gasteiger partial charge < -0.3 is 4.90 Å². The lowest BCUT2D eigenvalue weighted by atomic mass is 10.2. The molecule has 31 heavy (non-hydrogen) atoms. The molecule has 4 rings (SSSR count). The Morgan fingerprint density at radius 2 is 1.90 bits per heavy atom. The van der Waals surface area contributed by atoms with E-state index < -0.39 is 0 Å². The number of nitrogens with one attached hydrogen (secondary N) is 1. The number of benzene rings is 1. The second-order valence-electron chi connectivity index (χ2n) is 7.04. The van der Waals surface area contributed by atoms with Crippen molar-refractivity contribution in [2.75, 3.05) is 19.4 Å². The molecule has 8 nitrogen and oxygen atoms in total. The Morgan fingerprint density at radius 3 is 2.65 bits per heavy atom. The average molecular weight is 433 g/mol. The SMILES string of the molecule is Cc1cc(C(=O)Nc2nc(-c3ccccn3)cs2)n(-c2cccc(C(=O)N(C)C)c2)n1. The Hall–Kier alpha value is -3.85. The number of carbonyl (C=O) groups is 2. The number of thiazole rings is 1. The summed E-state index contributed by atoms with van der Waals surface area (Å²) in [6.07, 6.45) is 1.70. The molecule has 0 aliphatic carbocycles.